The van der Waals surface area contributed by atoms with Crippen LogP contribution in [0.4, 0.5) is 21.9 Å². The van der Waals surface area contributed by atoms with Gasteiger partial charge in [0.2, 0.25) is 15.9 Å². The van der Waals surface area contributed by atoms with Gasteiger partial charge >= 0.3 is 6.03 Å². The van der Waals surface area contributed by atoms with Crippen LogP contribution in [-0.4, -0.2) is 63.0 Å². The van der Waals surface area contributed by atoms with E-state index < -0.39 is 16.1 Å². The molecule has 0 spiro atoms. The van der Waals surface area contributed by atoms with E-state index in [1.54, 1.807) is 24.3 Å². The second-order valence-electron chi connectivity index (χ2n) is 12.6. The first-order chi connectivity index (χ1) is 22.2. The highest BCUT2D eigenvalue weighted by atomic mass is 32.2. The van der Waals surface area contributed by atoms with Crippen molar-refractivity contribution in [3.8, 4) is 5.75 Å². The third-order valence-corrected chi connectivity index (χ3v) is 11.1. The molecule has 2 saturated heterocycles. The maximum Gasteiger partial charge on any atom is 0.323 e. The maximum absolute atomic E-state index is 13.3. The molecule has 244 valence electrons. The van der Waals surface area contributed by atoms with Crippen LogP contribution >= 0.6 is 0 Å². The second kappa shape index (κ2) is 14.1. The highest BCUT2D eigenvalue weighted by Gasteiger charge is 2.39. The van der Waals surface area contributed by atoms with Gasteiger partial charge in [0.15, 0.2) is 0 Å². The van der Waals surface area contributed by atoms with Gasteiger partial charge in [0.1, 0.15) is 11.8 Å². The van der Waals surface area contributed by atoms with Crippen molar-refractivity contribution >= 4 is 39.0 Å². The molecule has 6 rings (SSSR count). The average molecular weight is 646 g/mol. The average Bonchev–Trinajstić information content (AvgIpc) is 3.85. The van der Waals surface area contributed by atoms with Crippen LogP contribution in [0.1, 0.15) is 50.5 Å². The SMILES string of the molecule is Cc1ccc(S(=O)(=O)N2CCC[C@@H]2C(=O)NCC2CCN(c3ccc(NC(=O)Nc4ccc(OC5CCCC5)cc4)cc3)C2)cc1. The van der Waals surface area contributed by atoms with E-state index in [0.29, 0.717) is 43.4 Å². The van der Waals surface area contributed by atoms with Gasteiger partial charge in [-0.05, 0) is 118 Å². The minimum atomic E-state index is -3.74. The zero-order valence-electron chi connectivity index (χ0n) is 26.3. The second-order valence-corrected chi connectivity index (χ2v) is 14.5. The first-order valence-corrected chi connectivity index (χ1v) is 17.7. The molecule has 3 aliphatic rings. The lowest BCUT2D eigenvalue weighted by Crippen LogP contribution is -2.47. The van der Waals surface area contributed by atoms with Gasteiger partial charge in [-0.3, -0.25) is 4.79 Å². The summed E-state index contributed by atoms with van der Waals surface area (Å²) >= 11 is 0. The van der Waals surface area contributed by atoms with Crippen LogP contribution < -0.4 is 25.6 Å². The topological polar surface area (TPSA) is 120 Å². The highest BCUT2D eigenvalue weighted by molar-refractivity contribution is 7.89. The van der Waals surface area contributed by atoms with Crippen LogP contribution in [0.15, 0.2) is 77.7 Å². The van der Waals surface area contributed by atoms with Crippen LogP contribution in [0.2, 0.25) is 0 Å². The van der Waals surface area contributed by atoms with E-state index >= 15 is 0 Å². The Balaban J connectivity index is 0.949. The zero-order chi connectivity index (χ0) is 32.1. The van der Waals surface area contributed by atoms with Crippen molar-refractivity contribution in [2.45, 2.75) is 68.9 Å². The lowest BCUT2D eigenvalue weighted by atomic mass is 10.1. The Morgan fingerprint density at radius 3 is 2.13 bits per heavy atom. The molecule has 2 atom stereocenters. The monoisotopic (exact) mass is 645 g/mol. The fourth-order valence-corrected chi connectivity index (χ4v) is 8.25. The minimum absolute atomic E-state index is 0.223. The van der Waals surface area contributed by atoms with Crippen molar-refractivity contribution in [1.29, 1.82) is 0 Å². The number of ether oxygens (including phenoxy) is 1. The standard InChI is InChI=1S/C35H43N5O5S/c1-25-8-18-32(19-9-25)46(43,44)40-21-4-7-33(40)34(41)36-23-26-20-22-39(24-26)29-14-10-27(11-15-29)37-35(42)38-28-12-16-31(17-13-28)45-30-5-2-3-6-30/h8-19,26,30,33H,2-7,20-24H2,1H3,(H,36,41)(H2,37,38,42)/t26?,33-/m1/s1. The number of benzene rings is 3. The smallest absolute Gasteiger partial charge is 0.323 e. The Kier molecular flexibility index (Phi) is 9.79. The largest absolute Gasteiger partial charge is 0.490 e. The zero-order valence-corrected chi connectivity index (χ0v) is 27.1. The quantitative estimate of drug-likeness (QED) is 0.258. The van der Waals surface area contributed by atoms with Crippen LogP contribution in [0, 0.1) is 12.8 Å². The van der Waals surface area contributed by atoms with Crippen molar-refractivity contribution in [3.63, 3.8) is 0 Å². The van der Waals surface area contributed by atoms with Gasteiger partial charge in [-0.15, -0.1) is 0 Å². The van der Waals surface area contributed by atoms with Crippen LogP contribution in [0.3, 0.4) is 0 Å². The fourth-order valence-electron chi connectivity index (χ4n) is 6.60. The number of anilines is 3. The summed E-state index contributed by atoms with van der Waals surface area (Å²) in [5, 5.41) is 8.78. The van der Waals surface area contributed by atoms with Crippen LogP contribution in [-0.2, 0) is 14.8 Å². The van der Waals surface area contributed by atoms with E-state index in [2.05, 4.69) is 20.9 Å². The van der Waals surface area contributed by atoms with Crippen molar-refractivity contribution < 1.29 is 22.7 Å². The molecule has 10 nitrogen and oxygen atoms in total. The van der Waals surface area contributed by atoms with E-state index in [4.69, 9.17) is 4.74 Å². The van der Waals surface area contributed by atoms with Gasteiger partial charge in [0.05, 0.1) is 11.0 Å². The number of nitrogens with zero attached hydrogens (tertiary/aromatic N) is 2. The molecule has 11 heteroatoms. The first-order valence-electron chi connectivity index (χ1n) is 16.3. The number of carbonyl (C=O) groups is 2. The Hall–Kier alpha value is -4.09. The van der Waals surface area contributed by atoms with Crippen molar-refractivity contribution in [2.24, 2.45) is 5.92 Å². The molecule has 3 fully saturated rings. The summed E-state index contributed by atoms with van der Waals surface area (Å²) in [6.45, 7) is 4.39. The van der Waals surface area contributed by atoms with Crippen LogP contribution in [0.5, 0.6) is 5.75 Å². The normalized spacial score (nSPS) is 20.5. The summed E-state index contributed by atoms with van der Waals surface area (Å²) in [5.41, 5.74) is 3.41. The number of rotatable bonds is 10. The molecule has 2 aliphatic heterocycles. The van der Waals surface area contributed by atoms with Gasteiger partial charge in [0, 0.05) is 43.2 Å². The van der Waals surface area contributed by atoms with Crippen molar-refractivity contribution in [2.75, 3.05) is 41.7 Å². The molecule has 3 aromatic carbocycles. The first kappa shape index (κ1) is 31.9. The maximum atomic E-state index is 13.3. The van der Waals surface area contributed by atoms with E-state index in [-0.39, 0.29) is 22.8 Å². The van der Waals surface area contributed by atoms with Gasteiger partial charge in [-0.2, -0.15) is 4.31 Å². The molecule has 1 unspecified atom stereocenters. The molecule has 0 radical (unpaired) electrons. The third kappa shape index (κ3) is 7.64. The summed E-state index contributed by atoms with van der Waals surface area (Å²) in [4.78, 5) is 28.2. The number of hydrogen-bond donors (Lipinski definition) is 3. The summed E-state index contributed by atoms with van der Waals surface area (Å²) < 4.78 is 33.9. The molecule has 1 aliphatic carbocycles. The predicted molar refractivity (Wildman–Crippen MR) is 180 cm³/mol. The van der Waals surface area contributed by atoms with E-state index in [1.165, 1.54) is 17.1 Å². The Labute approximate surface area is 271 Å². The number of aryl methyl sites for hydroxylation is 1. The van der Waals surface area contributed by atoms with Gasteiger partial charge in [-0.25, -0.2) is 13.2 Å². The number of sulfonamides is 1. The number of amides is 3. The molecule has 3 amide bonds. The Morgan fingerprint density at radius 1 is 0.804 bits per heavy atom. The molecular weight excluding hydrogens is 602 g/mol. The van der Waals surface area contributed by atoms with Gasteiger partial charge in [-0.1, -0.05) is 17.7 Å². The summed E-state index contributed by atoms with van der Waals surface area (Å²) in [6.07, 6.45) is 7.04. The fraction of sp³-hybridized carbons (Fsp3) is 0.429. The Bertz CT molecular complexity index is 1610. The van der Waals surface area contributed by atoms with Crippen molar-refractivity contribution in [3.05, 3.63) is 78.4 Å². The lowest BCUT2D eigenvalue weighted by Gasteiger charge is -2.24. The third-order valence-electron chi connectivity index (χ3n) is 9.19. The molecule has 1 saturated carbocycles. The molecule has 0 bridgehead atoms. The minimum Gasteiger partial charge on any atom is -0.490 e. The van der Waals surface area contributed by atoms with E-state index in [0.717, 1.165) is 49.4 Å². The summed E-state index contributed by atoms with van der Waals surface area (Å²) in [7, 11) is -3.74. The summed E-state index contributed by atoms with van der Waals surface area (Å²) in [5.74, 6) is 0.851. The van der Waals surface area contributed by atoms with E-state index in [9.17, 15) is 18.0 Å². The molecule has 2 heterocycles. The van der Waals surface area contributed by atoms with Gasteiger partial charge in [0.25, 0.3) is 0 Å². The van der Waals surface area contributed by atoms with Crippen LogP contribution in [0.25, 0.3) is 0 Å². The summed E-state index contributed by atoms with van der Waals surface area (Å²) in [6, 6.07) is 21.0. The number of urea groups is 1. The van der Waals surface area contributed by atoms with E-state index in [1.807, 2.05) is 55.5 Å². The molecule has 46 heavy (non-hydrogen) atoms. The molecular formula is C35H43N5O5S. The molecule has 3 aromatic rings. The predicted octanol–water partition coefficient (Wildman–Crippen LogP) is 5.76. The Morgan fingerprint density at radius 2 is 1.46 bits per heavy atom. The number of carbonyl (C=O) groups excluding carboxylic acids is 2. The molecule has 0 aromatic heterocycles. The highest BCUT2D eigenvalue weighted by Crippen LogP contribution is 2.29. The van der Waals surface area contributed by atoms with Gasteiger partial charge < -0.3 is 25.6 Å². The number of nitrogens with one attached hydrogen (secondary N) is 3. The lowest BCUT2D eigenvalue weighted by molar-refractivity contribution is -0.124. The molecule has 3 N–H and O–H groups in total. The number of hydrogen-bond acceptors (Lipinski definition) is 6. The van der Waals surface area contributed by atoms with Crippen molar-refractivity contribution in [1.82, 2.24) is 9.62 Å².